The van der Waals surface area contributed by atoms with Crippen molar-refractivity contribution in [1.82, 2.24) is 4.98 Å². The van der Waals surface area contributed by atoms with Gasteiger partial charge in [0.15, 0.2) is 11.5 Å². The van der Waals surface area contributed by atoms with E-state index in [1.165, 1.54) is 76.8 Å². The third-order valence-electron chi connectivity index (χ3n) is 4.66. The van der Waals surface area contributed by atoms with Gasteiger partial charge in [0.25, 0.3) is 0 Å². The van der Waals surface area contributed by atoms with Crippen molar-refractivity contribution in [1.29, 1.82) is 0 Å². The van der Waals surface area contributed by atoms with Crippen LogP contribution in [0, 0.1) is 5.82 Å². The van der Waals surface area contributed by atoms with E-state index in [0.717, 1.165) is 12.8 Å². The summed E-state index contributed by atoms with van der Waals surface area (Å²) in [6.45, 7) is 2.25. The SMILES string of the molecule is CCCCCCCCCCCCCCCc1c[nH]c(C(=O)O)c1F. The molecule has 0 unspecified atom stereocenters. The standard InChI is InChI=1S/C20H34FNO2/c1-2-3-4-5-6-7-8-9-10-11-12-13-14-15-17-16-22-19(18(17)21)20(23)24/h16,22H,2-15H2,1H3,(H,23,24). The van der Waals surface area contributed by atoms with Crippen LogP contribution >= 0.6 is 0 Å². The first-order valence-corrected chi connectivity index (χ1v) is 9.75. The minimum atomic E-state index is -1.23. The number of aromatic amines is 1. The molecule has 0 aliphatic carbocycles. The minimum Gasteiger partial charge on any atom is -0.476 e. The highest BCUT2D eigenvalue weighted by atomic mass is 19.1. The molecule has 138 valence electrons. The largest absolute Gasteiger partial charge is 0.476 e. The fraction of sp³-hybridized carbons (Fsp3) is 0.750. The van der Waals surface area contributed by atoms with Crippen molar-refractivity contribution in [3.05, 3.63) is 23.3 Å². The summed E-state index contributed by atoms with van der Waals surface area (Å²) >= 11 is 0. The topological polar surface area (TPSA) is 53.1 Å². The molecule has 0 spiro atoms. The summed E-state index contributed by atoms with van der Waals surface area (Å²) in [6, 6.07) is 0. The maximum absolute atomic E-state index is 13.7. The van der Waals surface area contributed by atoms with E-state index in [0.29, 0.717) is 12.0 Å². The molecule has 1 heterocycles. The van der Waals surface area contributed by atoms with Crippen molar-refractivity contribution in [3.63, 3.8) is 0 Å². The lowest BCUT2D eigenvalue weighted by Gasteiger charge is -2.03. The fourth-order valence-electron chi connectivity index (χ4n) is 3.12. The number of carbonyl (C=O) groups is 1. The Balaban J connectivity index is 1.91. The molecule has 1 aromatic heterocycles. The molecule has 0 atom stereocenters. The van der Waals surface area contributed by atoms with Gasteiger partial charge in [0.05, 0.1) is 0 Å². The molecule has 4 heteroatoms. The number of aromatic carboxylic acids is 1. The maximum Gasteiger partial charge on any atom is 0.355 e. The minimum absolute atomic E-state index is 0.320. The van der Waals surface area contributed by atoms with Crippen molar-refractivity contribution in [3.8, 4) is 0 Å². The Kier molecular flexibility index (Phi) is 11.2. The number of hydrogen-bond acceptors (Lipinski definition) is 1. The molecule has 2 N–H and O–H groups in total. The zero-order chi connectivity index (χ0) is 17.6. The second kappa shape index (κ2) is 13.0. The number of unbranched alkanes of at least 4 members (excludes halogenated alkanes) is 12. The van der Waals surface area contributed by atoms with Crippen LogP contribution in [0.4, 0.5) is 4.39 Å². The van der Waals surface area contributed by atoms with E-state index >= 15 is 0 Å². The molecule has 0 aliphatic rings. The van der Waals surface area contributed by atoms with Crippen LogP contribution in [-0.4, -0.2) is 16.1 Å². The third kappa shape index (κ3) is 8.51. The lowest BCUT2D eigenvalue weighted by molar-refractivity contribution is 0.0686. The average Bonchev–Trinajstić information content (AvgIpc) is 2.93. The monoisotopic (exact) mass is 339 g/mol. The van der Waals surface area contributed by atoms with E-state index in [1.807, 2.05) is 0 Å². The number of aromatic nitrogens is 1. The number of nitrogens with one attached hydrogen (secondary N) is 1. The summed E-state index contributed by atoms with van der Waals surface area (Å²) < 4.78 is 13.7. The molecular formula is C20H34FNO2. The molecule has 0 aromatic carbocycles. The summed E-state index contributed by atoms with van der Waals surface area (Å²) in [5.41, 5.74) is 0.176. The number of H-pyrrole nitrogens is 1. The Labute approximate surface area is 146 Å². The highest BCUT2D eigenvalue weighted by molar-refractivity contribution is 5.86. The van der Waals surface area contributed by atoms with Gasteiger partial charge in [0, 0.05) is 11.8 Å². The highest BCUT2D eigenvalue weighted by Gasteiger charge is 2.15. The van der Waals surface area contributed by atoms with Gasteiger partial charge in [0.2, 0.25) is 0 Å². The lowest BCUT2D eigenvalue weighted by Crippen LogP contribution is -2.00. The van der Waals surface area contributed by atoms with Gasteiger partial charge < -0.3 is 10.1 Å². The molecule has 0 amide bonds. The van der Waals surface area contributed by atoms with E-state index in [-0.39, 0.29) is 5.69 Å². The second-order valence-corrected chi connectivity index (χ2v) is 6.80. The molecule has 3 nitrogen and oxygen atoms in total. The quantitative estimate of drug-likeness (QED) is 0.359. The Hall–Kier alpha value is -1.32. The predicted octanol–water partition coefficient (Wildman–Crippen LogP) is 6.49. The number of rotatable bonds is 15. The summed E-state index contributed by atoms with van der Waals surface area (Å²) in [6.07, 6.45) is 18.8. The van der Waals surface area contributed by atoms with Gasteiger partial charge in [-0.15, -0.1) is 0 Å². The number of carboxylic acid groups (broad SMARTS) is 1. The van der Waals surface area contributed by atoms with Crippen LogP contribution in [0.5, 0.6) is 0 Å². The number of aryl methyl sites for hydroxylation is 1. The van der Waals surface area contributed by atoms with Crippen molar-refractivity contribution in [2.24, 2.45) is 0 Å². The zero-order valence-corrected chi connectivity index (χ0v) is 15.2. The van der Waals surface area contributed by atoms with Crippen LogP contribution in [0.15, 0.2) is 6.20 Å². The number of halogens is 1. The summed E-state index contributed by atoms with van der Waals surface area (Å²) in [4.78, 5) is 13.2. The van der Waals surface area contributed by atoms with Crippen LogP contribution in [-0.2, 0) is 6.42 Å². The first kappa shape index (κ1) is 20.7. The van der Waals surface area contributed by atoms with E-state index in [4.69, 9.17) is 5.11 Å². The first-order valence-electron chi connectivity index (χ1n) is 9.75. The van der Waals surface area contributed by atoms with Gasteiger partial charge in [0.1, 0.15) is 0 Å². The summed E-state index contributed by atoms with van der Waals surface area (Å²) in [5.74, 6) is -1.83. The van der Waals surface area contributed by atoms with E-state index < -0.39 is 11.8 Å². The summed E-state index contributed by atoms with van der Waals surface area (Å²) in [7, 11) is 0. The summed E-state index contributed by atoms with van der Waals surface area (Å²) in [5, 5.41) is 8.79. The Morgan fingerprint density at radius 1 is 0.917 bits per heavy atom. The van der Waals surface area contributed by atoms with E-state index in [2.05, 4.69) is 11.9 Å². The third-order valence-corrected chi connectivity index (χ3v) is 4.66. The molecular weight excluding hydrogens is 305 g/mol. The molecule has 1 rings (SSSR count). The smallest absolute Gasteiger partial charge is 0.355 e. The maximum atomic E-state index is 13.7. The molecule has 24 heavy (non-hydrogen) atoms. The van der Waals surface area contributed by atoms with Gasteiger partial charge in [-0.1, -0.05) is 84.0 Å². The van der Waals surface area contributed by atoms with Gasteiger partial charge in [-0.2, -0.15) is 0 Å². The van der Waals surface area contributed by atoms with Crippen molar-refractivity contribution in [2.75, 3.05) is 0 Å². The van der Waals surface area contributed by atoms with Crippen molar-refractivity contribution in [2.45, 2.75) is 96.8 Å². The number of carboxylic acids is 1. The van der Waals surface area contributed by atoms with E-state index in [9.17, 15) is 9.18 Å². The Morgan fingerprint density at radius 3 is 1.79 bits per heavy atom. The molecule has 0 fully saturated rings. The number of hydrogen-bond donors (Lipinski definition) is 2. The average molecular weight is 339 g/mol. The van der Waals surface area contributed by atoms with Gasteiger partial charge in [-0.3, -0.25) is 0 Å². The van der Waals surface area contributed by atoms with Crippen LogP contribution in [0.1, 0.15) is 106 Å². The van der Waals surface area contributed by atoms with Crippen molar-refractivity contribution < 1.29 is 14.3 Å². The first-order chi connectivity index (χ1) is 11.7. The molecule has 0 aliphatic heterocycles. The molecule has 1 aromatic rings. The Morgan fingerprint density at radius 2 is 1.38 bits per heavy atom. The van der Waals surface area contributed by atoms with Crippen molar-refractivity contribution >= 4 is 5.97 Å². The normalized spacial score (nSPS) is 11.1. The van der Waals surface area contributed by atoms with Crippen LogP contribution in [0.3, 0.4) is 0 Å². The molecule has 0 saturated carbocycles. The van der Waals surface area contributed by atoms with Crippen LogP contribution < -0.4 is 0 Å². The van der Waals surface area contributed by atoms with E-state index in [1.54, 1.807) is 0 Å². The molecule has 0 saturated heterocycles. The second-order valence-electron chi connectivity index (χ2n) is 6.80. The van der Waals surface area contributed by atoms with Gasteiger partial charge >= 0.3 is 5.97 Å². The molecule has 0 bridgehead atoms. The fourth-order valence-corrected chi connectivity index (χ4v) is 3.12. The molecule has 0 radical (unpaired) electrons. The highest BCUT2D eigenvalue weighted by Crippen LogP contribution is 2.17. The zero-order valence-electron chi connectivity index (χ0n) is 15.2. The van der Waals surface area contributed by atoms with Gasteiger partial charge in [-0.25, -0.2) is 9.18 Å². The van der Waals surface area contributed by atoms with Gasteiger partial charge in [-0.05, 0) is 12.8 Å². The lowest BCUT2D eigenvalue weighted by atomic mass is 10.0. The predicted molar refractivity (Wildman–Crippen MR) is 97.1 cm³/mol. The Bertz CT molecular complexity index is 456. The van der Waals surface area contributed by atoms with Crippen LogP contribution in [0.25, 0.3) is 0 Å². The van der Waals surface area contributed by atoms with Crippen LogP contribution in [0.2, 0.25) is 0 Å².